The van der Waals surface area contributed by atoms with Crippen molar-refractivity contribution >= 4 is 28.7 Å². The number of nitro groups is 2. The van der Waals surface area contributed by atoms with Crippen LogP contribution in [0.25, 0.3) is 0 Å². The molecule has 1 aliphatic heterocycles. The van der Waals surface area contributed by atoms with Crippen molar-refractivity contribution in [1.82, 2.24) is 0 Å². The quantitative estimate of drug-likeness (QED) is 0.0914. The molecule has 0 aliphatic carbocycles. The van der Waals surface area contributed by atoms with Crippen LogP contribution in [0.1, 0.15) is 103 Å². The van der Waals surface area contributed by atoms with Crippen LogP contribution < -0.4 is 5.01 Å². The summed E-state index contributed by atoms with van der Waals surface area (Å²) in [7, 11) is 0. The van der Waals surface area contributed by atoms with Crippen LogP contribution in [0, 0.1) is 20.2 Å². The molecule has 9 nitrogen and oxygen atoms in total. The van der Waals surface area contributed by atoms with Crippen molar-refractivity contribution in [2.45, 2.75) is 103 Å². The lowest BCUT2D eigenvalue weighted by Gasteiger charge is -2.11. The molecule has 9 heteroatoms. The van der Waals surface area contributed by atoms with Crippen molar-refractivity contribution < 1.29 is 14.6 Å². The molecule has 35 heavy (non-hydrogen) atoms. The molecule has 1 aromatic rings. The maximum Gasteiger partial charge on any atom is 0.301 e. The number of anilines is 1. The summed E-state index contributed by atoms with van der Waals surface area (Å²) >= 11 is 0. The SMILES string of the molecule is CCCCCCCC/C=C\CCCCCCCC1=NN(c2ccc([N+](=O)[O-])cc2[N+](=O)[O-])C(=O)C1. The molecule has 0 saturated heterocycles. The zero-order valence-electron chi connectivity index (χ0n) is 20.8. The number of unbranched alkanes of at least 4 members (excludes halogenated alkanes) is 11. The highest BCUT2D eigenvalue weighted by Gasteiger charge is 2.31. The normalized spacial score (nSPS) is 13.6. The molecule has 0 bridgehead atoms. The number of carbonyl (C=O) groups excluding carboxylic acids is 1. The van der Waals surface area contributed by atoms with Crippen LogP contribution in [0.15, 0.2) is 35.5 Å². The Morgan fingerprint density at radius 3 is 2.09 bits per heavy atom. The Bertz CT molecular complexity index is 913. The van der Waals surface area contributed by atoms with E-state index in [0.717, 1.165) is 42.8 Å². The third-order valence-corrected chi connectivity index (χ3v) is 6.15. The first-order chi connectivity index (χ1) is 16.9. The lowest BCUT2D eigenvalue weighted by molar-refractivity contribution is -0.393. The summed E-state index contributed by atoms with van der Waals surface area (Å²) in [6.07, 6.45) is 21.2. The van der Waals surface area contributed by atoms with Crippen molar-refractivity contribution in [3.8, 4) is 0 Å². The van der Waals surface area contributed by atoms with E-state index in [1.54, 1.807) is 0 Å². The van der Waals surface area contributed by atoms with Crippen LogP contribution >= 0.6 is 0 Å². The Labute approximate surface area is 207 Å². The van der Waals surface area contributed by atoms with E-state index < -0.39 is 21.2 Å². The molecule has 0 saturated carbocycles. The summed E-state index contributed by atoms with van der Waals surface area (Å²) in [5.41, 5.74) is -0.242. The minimum absolute atomic E-state index is 0.0369. The first kappa shape index (κ1) is 28.1. The Morgan fingerprint density at radius 1 is 0.886 bits per heavy atom. The van der Waals surface area contributed by atoms with E-state index >= 15 is 0 Å². The number of nitro benzene ring substituents is 2. The van der Waals surface area contributed by atoms with Crippen LogP contribution in [-0.2, 0) is 4.79 Å². The van der Waals surface area contributed by atoms with Crippen molar-refractivity contribution in [2.24, 2.45) is 5.10 Å². The largest absolute Gasteiger partial charge is 0.301 e. The molecule has 0 radical (unpaired) electrons. The van der Waals surface area contributed by atoms with Gasteiger partial charge in [-0.3, -0.25) is 25.0 Å². The van der Waals surface area contributed by atoms with Gasteiger partial charge >= 0.3 is 5.69 Å². The second-order valence-electron chi connectivity index (χ2n) is 9.07. The monoisotopic (exact) mass is 486 g/mol. The van der Waals surface area contributed by atoms with Gasteiger partial charge in [0.2, 0.25) is 0 Å². The number of allylic oxidation sites excluding steroid dienone is 2. The van der Waals surface area contributed by atoms with Crippen LogP contribution in [-0.4, -0.2) is 21.5 Å². The summed E-state index contributed by atoms with van der Waals surface area (Å²) in [5, 5.41) is 27.6. The van der Waals surface area contributed by atoms with Gasteiger partial charge in [0.1, 0.15) is 5.69 Å². The Balaban J connectivity index is 1.65. The number of carbonyl (C=O) groups is 1. The zero-order chi connectivity index (χ0) is 25.5. The van der Waals surface area contributed by atoms with E-state index in [9.17, 15) is 25.0 Å². The summed E-state index contributed by atoms with van der Waals surface area (Å²) < 4.78 is 0. The average molecular weight is 487 g/mol. The van der Waals surface area contributed by atoms with Crippen LogP contribution in [0.3, 0.4) is 0 Å². The van der Waals surface area contributed by atoms with E-state index in [2.05, 4.69) is 24.2 Å². The van der Waals surface area contributed by atoms with Crippen molar-refractivity contribution in [1.29, 1.82) is 0 Å². The van der Waals surface area contributed by atoms with Gasteiger partial charge < -0.3 is 0 Å². The van der Waals surface area contributed by atoms with Gasteiger partial charge in [-0.25, -0.2) is 0 Å². The molecule has 0 unspecified atom stereocenters. The second-order valence-corrected chi connectivity index (χ2v) is 9.07. The van der Waals surface area contributed by atoms with E-state index in [4.69, 9.17) is 0 Å². The Kier molecular flexibility index (Phi) is 12.7. The van der Waals surface area contributed by atoms with E-state index in [-0.39, 0.29) is 18.0 Å². The molecule has 0 aromatic heterocycles. The number of hydrazone groups is 1. The molecule has 1 aliphatic rings. The fraction of sp³-hybridized carbons (Fsp3) is 0.615. The van der Waals surface area contributed by atoms with Gasteiger partial charge in [0.15, 0.2) is 0 Å². The highest BCUT2D eigenvalue weighted by atomic mass is 16.6. The number of non-ortho nitro benzene ring substituents is 1. The molecular weight excluding hydrogens is 448 g/mol. The van der Waals surface area contributed by atoms with E-state index in [1.807, 2.05) is 0 Å². The summed E-state index contributed by atoms with van der Waals surface area (Å²) in [6.45, 7) is 2.24. The van der Waals surface area contributed by atoms with Crippen molar-refractivity contribution in [3.63, 3.8) is 0 Å². The molecule has 0 atom stereocenters. The average Bonchev–Trinajstić information content (AvgIpc) is 3.21. The van der Waals surface area contributed by atoms with Crippen LogP contribution in [0.5, 0.6) is 0 Å². The Morgan fingerprint density at radius 2 is 1.49 bits per heavy atom. The summed E-state index contributed by atoms with van der Waals surface area (Å²) in [5.74, 6) is -0.357. The number of benzene rings is 1. The minimum Gasteiger partial charge on any atom is -0.272 e. The number of nitrogens with zero attached hydrogens (tertiary/aromatic N) is 4. The number of amides is 1. The molecule has 0 N–H and O–H groups in total. The van der Waals surface area contributed by atoms with Gasteiger partial charge in [0, 0.05) is 11.8 Å². The molecule has 0 spiro atoms. The molecule has 0 fully saturated rings. The first-order valence-electron chi connectivity index (χ1n) is 12.9. The third-order valence-electron chi connectivity index (χ3n) is 6.15. The predicted octanol–water partition coefficient (Wildman–Crippen LogP) is 7.63. The fourth-order valence-corrected chi connectivity index (χ4v) is 4.16. The van der Waals surface area contributed by atoms with Crippen molar-refractivity contribution in [2.75, 3.05) is 5.01 Å². The number of hydrogen-bond donors (Lipinski definition) is 0. The molecule has 2 rings (SSSR count). The molecule has 1 amide bonds. The maximum atomic E-state index is 12.4. The van der Waals surface area contributed by atoms with E-state index in [0.29, 0.717) is 12.1 Å². The van der Waals surface area contributed by atoms with Gasteiger partial charge in [-0.1, -0.05) is 70.4 Å². The minimum atomic E-state index is -0.729. The van der Waals surface area contributed by atoms with Gasteiger partial charge in [0.25, 0.3) is 11.6 Å². The predicted molar refractivity (Wildman–Crippen MR) is 139 cm³/mol. The molecule has 1 aromatic carbocycles. The number of hydrogen-bond acceptors (Lipinski definition) is 6. The smallest absolute Gasteiger partial charge is 0.272 e. The van der Waals surface area contributed by atoms with Crippen molar-refractivity contribution in [3.05, 3.63) is 50.6 Å². The maximum absolute atomic E-state index is 12.4. The van der Waals surface area contributed by atoms with Crippen LogP contribution in [0.2, 0.25) is 0 Å². The lowest BCUT2D eigenvalue weighted by Crippen LogP contribution is -2.20. The van der Waals surface area contributed by atoms with Gasteiger partial charge in [0.05, 0.1) is 22.3 Å². The molecule has 192 valence electrons. The molecule has 1 heterocycles. The lowest BCUT2D eigenvalue weighted by atomic mass is 10.1. The van der Waals surface area contributed by atoms with E-state index in [1.165, 1.54) is 63.9 Å². The summed E-state index contributed by atoms with van der Waals surface area (Å²) in [6, 6.07) is 3.22. The zero-order valence-corrected chi connectivity index (χ0v) is 20.8. The molecular formula is C26H38N4O5. The van der Waals surface area contributed by atoms with Crippen LogP contribution in [0.4, 0.5) is 17.1 Å². The Hall–Kier alpha value is -3.10. The first-order valence-corrected chi connectivity index (χ1v) is 12.9. The number of rotatable bonds is 18. The summed E-state index contributed by atoms with van der Waals surface area (Å²) in [4.78, 5) is 33.2. The highest BCUT2D eigenvalue weighted by Crippen LogP contribution is 2.34. The standard InChI is InChI=1S/C26H38N4O5/c1-2-3-4-5-6-7-8-9-10-11-12-13-14-15-16-17-22-20-26(31)28(27-22)24-19-18-23(29(32)33)21-25(24)30(34)35/h9-10,18-19,21H,2-8,11-17,20H2,1H3/b10-9-. The highest BCUT2D eigenvalue weighted by molar-refractivity contribution is 6.13. The van der Waals surface area contributed by atoms with Gasteiger partial charge in [-0.15, -0.1) is 0 Å². The fourth-order valence-electron chi connectivity index (χ4n) is 4.16. The topological polar surface area (TPSA) is 119 Å². The van der Waals surface area contributed by atoms with Gasteiger partial charge in [-0.05, 0) is 44.6 Å². The second kappa shape index (κ2) is 15.7. The van der Waals surface area contributed by atoms with Gasteiger partial charge in [-0.2, -0.15) is 10.1 Å². The third kappa shape index (κ3) is 9.96.